The molecule has 0 bridgehead atoms. The van der Waals surface area contributed by atoms with Crippen molar-refractivity contribution in [2.45, 2.75) is 232 Å². The van der Waals surface area contributed by atoms with Crippen LogP contribution >= 0.6 is 0 Å². The number of carbonyl (C=O) groups is 2. The maximum Gasteiger partial charge on any atom is 0.308 e. The second-order valence-electron chi connectivity index (χ2n) is 15.7. The monoisotopic (exact) mass is 697 g/mol. The lowest BCUT2D eigenvalue weighted by molar-refractivity contribution is -0.891. The van der Waals surface area contributed by atoms with Crippen molar-refractivity contribution in [1.29, 1.82) is 0 Å². The maximum atomic E-state index is 12.7. The Morgan fingerprint density at radius 3 is 0.980 bits per heavy atom. The van der Waals surface area contributed by atoms with Crippen LogP contribution < -0.4 is 0 Å². The average Bonchev–Trinajstić information content (AvgIpc) is 3.07. The van der Waals surface area contributed by atoms with Crippen molar-refractivity contribution in [3.63, 3.8) is 0 Å². The molecule has 6 heteroatoms. The number of hydrogen-bond donors (Lipinski definition) is 1. The smallest absolute Gasteiger partial charge is 0.308 e. The van der Waals surface area contributed by atoms with Crippen molar-refractivity contribution in [2.24, 2.45) is 0 Å². The Morgan fingerprint density at radius 2 is 0.714 bits per heavy atom. The van der Waals surface area contributed by atoms with E-state index < -0.39 is 6.29 Å². The van der Waals surface area contributed by atoms with E-state index in [2.05, 4.69) is 13.8 Å². The minimum absolute atomic E-state index is 0.0929. The van der Waals surface area contributed by atoms with Gasteiger partial charge in [-0.15, -0.1) is 0 Å². The van der Waals surface area contributed by atoms with Gasteiger partial charge in [-0.25, -0.2) is 0 Å². The molecule has 0 aliphatic carbocycles. The molecule has 292 valence electrons. The van der Waals surface area contributed by atoms with Crippen molar-refractivity contribution in [3.8, 4) is 0 Å². The molecule has 6 nitrogen and oxygen atoms in total. The first-order valence-electron chi connectivity index (χ1n) is 21.7. The molecule has 0 unspecified atom stereocenters. The molecule has 0 aliphatic rings. The van der Waals surface area contributed by atoms with Crippen LogP contribution in [-0.4, -0.2) is 61.6 Å². The van der Waals surface area contributed by atoms with Gasteiger partial charge in [-0.3, -0.25) is 9.59 Å². The Hall–Kier alpha value is -1.14. The fraction of sp³-hybridized carbons (Fsp3) is 0.953. The number of rotatable bonds is 39. The fourth-order valence-electron chi connectivity index (χ4n) is 6.67. The van der Waals surface area contributed by atoms with Crippen LogP contribution in [0.5, 0.6) is 0 Å². The topological polar surface area (TPSA) is 72.8 Å². The van der Waals surface area contributed by atoms with E-state index in [1.807, 2.05) is 14.1 Å². The lowest BCUT2D eigenvalue weighted by atomic mass is 10.0. The molecule has 0 spiro atoms. The van der Waals surface area contributed by atoms with Crippen LogP contribution in [0.1, 0.15) is 226 Å². The van der Waals surface area contributed by atoms with Crippen LogP contribution in [0, 0.1) is 0 Å². The van der Waals surface area contributed by atoms with Crippen molar-refractivity contribution < 1.29 is 28.7 Å². The zero-order valence-corrected chi connectivity index (χ0v) is 33.6. The number of carbonyl (C=O) groups excluding carboxylic acids is 2. The third-order valence-corrected chi connectivity index (χ3v) is 10.2. The van der Waals surface area contributed by atoms with E-state index in [0.29, 0.717) is 36.8 Å². The number of hydrogen-bond acceptors (Lipinski definition) is 5. The summed E-state index contributed by atoms with van der Waals surface area (Å²) in [5, 5.41) is 9.40. The highest BCUT2D eigenvalue weighted by Crippen LogP contribution is 2.17. The summed E-state index contributed by atoms with van der Waals surface area (Å²) in [5.74, 6) is -0.543. The number of aliphatic hydroxyl groups is 1. The number of nitrogens with zero attached hydrogens (tertiary/aromatic N) is 1. The van der Waals surface area contributed by atoms with E-state index in [1.165, 1.54) is 154 Å². The Labute approximate surface area is 305 Å². The van der Waals surface area contributed by atoms with Gasteiger partial charge in [0.1, 0.15) is 6.54 Å². The predicted molar refractivity (Wildman–Crippen MR) is 209 cm³/mol. The lowest BCUT2D eigenvalue weighted by Crippen LogP contribution is -2.44. The number of esters is 2. The van der Waals surface area contributed by atoms with E-state index in [9.17, 15) is 14.7 Å². The summed E-state index contributed by atoms with van der Waals surface area (Å²) in [4.78, 5) is 25.3. The molecule has 0 atom stereocenters. The molecule has 0 aromatic heterocycles. The van der Waals surface area contributed by atoms with Crippen molar-refractivity contribution in [2.75, 3.05) is 33.8 Å². The number of aliphatic hydroxyl groups excluding tert-OH is 1. The summed E-state index contributed by atoms with van der Waals surface area (Å²) in [5.41, 5.74) is 0. The van der Waals surface area contributed by atoms with Gasteiger partial charge < -0.3 is 19.1 Å². The predicted octanol–water partition coefficient (Wildman–Crippen LogP) is 12.4. The van der Waals surface area contributed by atoms with Gasteiger partial charge in [-0.05, 0) is 12.8 Å². The summed E-state index contributed by atoms with van der Waals surface area (Å²) in [6.45, 7) is 5.90. The van der Waals surface area contributed by atoms with E-state index in [1.54, 1.807) is 0 Å². The first-order valence-corrected chi connectivity index (χ1v) is 21.7. The molecule has 1 N–H and O–H groups in total. The third-order valence-electron chi connectivity index (χ3n) is 10.2. The minimum Gasteiger partial charge on any atom is -0.425 e. The van der Waals surface area contributed by atoms with Crippen LogP contribution in [0.2, 0.25) is 0 Å². The summed E-state index contributed by atoms with van der Waals surface area (Å²) < 4.78 is 12.0. The SMILES string of the molecule is CCCCCCCCCCCCCCCCCC(=O)OC(CC[N+](C)(C)CCO)OC(=O)CCCCCCCCCCCCCCCCC. The van der Waals surface area contributed by atoms with Gasteiger partial charge in [0.15, 0.2) is 0 Å². The van der Waals surface area contributed by atoms with Gasteiger partial charge in [-0.2, -0.15) is 0 Å². The van der Waals surface area contributed by atoms with Crippen LogP contribution in [-0.2, 0) is 19.1 Å². The average molecular weight is 697 g/mol. The normalized spacial score (nSPS) is 11.8. The first kappa shape index (κ1) is 47.9. The molecule has 0 radical (unpaired) electrons. The quantitative estimate of drug-likeness (QED) is 0.0300. The summed E-state index contributed by atoms with van der Waals surface area (Å²) in [6, 6.07) is 0. The standard InChI is InChI=1S/C43H86NO5/c1-5-7-9-11-13-15-17-19-21-23-25-27-29-31-33-35-41(46)48-43(37-38-44(3,4)39-40-45)49-42(47)36-34-32-30-28-26-24-22-20-18-16-14-12-10-8-6-2/h43,45H,5-40H2,1-4H3/q+1. The van der Waals surface area contributed by atoms with Crippen LogP contribution in [0.4, 0.5) is 0 Å². The molecule has 0 heterocycles. The van der Waals surface area contributed by atoms with Crippen LogP contribution in [0.25, 0.3) is 0 Å². The summed E-state index contributed by atoms with van der Waals surface area (Å²) in [7, 11) is 4.06. The fourth-order valence-corrected chi connectivity index (χ4v) is 6.67. The van der Waals surface area contributed by atoms with E-state index >= 15 is 0 Å². The highest BCUT2D eigenvalue weighted by molar-refractivity contribution is 5.71. The maximum absolute atomic E-state index is 12.7. The molecule has 0 amide bonds. The van der Waals surface area contributed by atoms with Crippen molar-refractivity contribution in [3.05, 3.63) is 0 Å². The number of ether oxygens (including phenoxy) is 2. The molecule has 0 rings (SSSR count). The Morgan fingerprint density at radius 1 is 0.449 bits per heavy atom. The highest BCUT2D eigenvalue weighted by atomic mass is 16.7. The Bertz CT molecular complexity index is 664. The van der Waals surface area contributed by atoms with Crippen LogP contribution in [0.3, 0.4) is 0 Å². The highest BCUT2D eigenvalue weighted by Gasteiger charge is 2.24. The molecule has 49 heavy (non-hydrogen) atoms. The van der Waals surface area contributed by atoms with E-state index in [0.717, 1.165) is 38.5 Å². The molecule has 0 aromatic carbocycles. The summed E-state index contributed by atoms with van der Waals surface area (Å²) in [6.07, 6.45) is 39.1. The zero-order chi connectivity index (χ0) is 36.1. The minimum atomic E-state index is -0.844. The Kier molecular flexibility index (Phi) is 35.8. The first-order chi connectivity index (χ1) is 23.8. The van der Waals surface area contributed by atoms with Gasteiger partial charge in [0.05, 0.1) is 33.7 Å². The molecular weight excluding hydrogens is 610 g/mol. The lowest BCUT2D eigenvalue weighted by Gasteiger charge is -2.30. The second kappa shape index (κ2) is 36.6. The van der Waals surface area contributed by atoms with Gasteiger partial charge in [0.25, 0.3) is 6.29 Å². The van der Waals surface area contributed by atoms with Crippen molar-refractivity contribution >= 4 is 11.9 Å². The number of unbranched alkanes of at least 4 members (excludes halogenated alkanes) is 28. The number of likely N-dealkylation sites (N-methyl/N-ethyl adjacent to an activating group) is 1. The Balaban J connectivity index is 4.06. The molecule has 0 aliphatic heterocycles. The van der Waals surface area contributed by atoms with Gasteiger partial charge >= 0.3 is 11.9 Å². The molecule has 0 fully saturated rings. The zero-order valence-electron chi connectivity index (χ0n) is 33.6. The van der Waals surface area contributed by atoms with Crippen molar-refractivity contribution in [1.82, 2.24) is 0 Å². The molecule has 0 saturated heterocycles. The van der Waals surface area contributed by atoms with Gasteiger partial charge in [0.2, 0.25) is 0 Å². The van der Waals surface area contributed by atoms with Gasteiger partial charge in [0, 0.05) is 12.8 Å². The molecule has 0 saturated carbocycles. The van der Waals surface area contributed by atoms with Crippen LogP contribution in [0.15, 0.2) is 0 Å². The second-order valence-corrected chi connectivity index (χ2v) is 15.7. The molecule has 0 aromatic rings. The van der Waals surface area contributed by atoms with Gasteiger partial charge in [-0.1, -0.05) is 194 Å². The summed E-state index contributed by atoms with van der Waals surface area (Å²) >= 11 is 0. The largest absolute Gasteiger partial charge is 0.425 e. The molecular formula is C43H86NO5+. The van der Waals surface area contributed by atoms with E-state index in [-0.39, 0.29) is 18.5 Å². The van der Waals surface area contributed by atoms with E-state index in [4.69, 9.17) is 9.47 Å². The number of quaternary nitrogens is 1. The third kappa shape index (κ3) is 36.5.